The second-order valence-electron chi connectivity index (χ2n) is 5.30. The quantitative estimate of drug-likeness (QED) is 0.282. The van der Waals surface area contributed by atoms with E-state index in [1.165, 1.54) is 0 Å². The molecule has 3 rings (SSSR count). The van der Waals surface area contributed by atoms with E-state index in [9.17, 15) is 4.79 Å². The molecular formula is C18H13BrClN3O3. The summed E-state index contributed by atoms with van der Waals surface area (Å²) in [5, 5.41) is 8.06. The first-order chi connectivity index (χ1) is 12.5. The maximum Gasteiger partial charge on any atom is 0.371 e. The van der Waals surface area contributed by atoms with Crippen LogP contribution in [0.2, 0.25) is 5.02 Å². The second kappa shape index (κ2) is 7.72. The van der Waals surface area contributed by atoms with E-state index in [2.05, 4.69) is 26.2 Å². The van der Waals surface area contributed by atoms with Crippen LogP contribution in [0.25, 0.3) is 11.3 Å². The van der Waals surface area contributed by atoms with Crippen molar-refractivity contribution < 1.29 is 14.2 Å². The minimum atomic E-state index is -0.737. The molecule has 0 aliphatic carbocycles. The van der Waals surface area contributed by atoms with E-state index in [1.54, 1.807) is 55.5 Å². The Morgan fingerprint density at radius 1 is 1.23 bits per heavy atom. The SMILES string of the molecule is Cc1onc(-c2ccccc2Cl)c1C(=O)O/N=C(\N)c1ccc(Br)cc1. The van der Waals surface area contributed by atoms with E-state index < -0.39 is 5.97 Å². The molecule has 0 amide bonds. The van der Waals surface area contributed by atoms with Gasteiger partial charge in [-0.1, -0.05) is 68.2 Å². The smallest absolute Gasteiger partial charge is 0.371 e. The summed E-state index contributed by atoms with van der Waals surface area (Å²) in [6.45, 7) is 1.60. The Hall–Kier alpha value is -2.64. The van der Waals surface area contributed by atoms with E-state index in [0.29, 0.717) is 21.9 Å². The number of benzene rings is 2. The van der Waals surface area contributed by atoms with Gasteiger partial charge in [0.1, 0.15) is 17.0 Å². The Labute approximate surface area is 162 Å². The Morgan fingerprint density at radius 3 is 2.62 bits per heavy atom. The van der Waals surface area contributed by atoms with Gasteiger partial charge in [-0.3, -0.25) is 0 Å². The molecule has 0 atom stereocenters. The monoisotopic (exact) mass is 433 g/mol. The summed E-state index contributed by atoms with van der Waals surface area (Å²) in [6, 6.07) is 14.1. The molecule has 2 N–H and O–H groups in total. The third kappa shape index (κ3) is 3.79. The molecule has 0 unspecified atom stereocenters. The minimum absolute atomic E-state index is 0.0688. The summed E-state index contributed by atoms with van der Waals surface area (Å²) < 4.78 is 6.04. The van der Waals surface area contributed by atoms with Gasteiger partial charge in [0.2, 0.25) is 0 Å². The van der Waals surface area contributed by atoms with Crippen molar-refractivity contribution in [2.75, 3.05) is 0 Å². The summed E-state index contributed by atoms with van der Waals surface area (Å²) in [5.41, 5.74) is 7.46. The Kier molecular flexibility index (Phi) is 5.39. The highest BCUT2D eigenvalue weighted by molar-refractivity contribution is 9.10. The molecule has 0 saturated carbocycles. The zero-order valence-electron chi connectivity index (χ0n) is 13.6. The summed E-state index contributed by atoms with van der Waals surface area (Å²) >= 11 is 9.51. The van der Waals surface area contributed by atoms with Crippen molar-refractivity contribution in [3.63, 3.8) is 0 Å². The maximum absolute atomic E-state index is 12.5. The first-order valence-corrected chi connectivity index (χ1v) is 8.66. The standard InChI is InChI=1S/C18H13BrClN3O3/c1-10-15(16(22-25-10)13-4-2-3-5-14(13)20)18(24)26-23-17(21)11-6-8-12(19)9-7-11/h2-9H,1H3,(H2,21,23). The maximum atomic E-state index is 12.5. The van der Waals surface area contributed by atoms with Crippen molar-refractivity contribution in [1.29, 1.82) is 0 Å². The Balaban J connectivity index is 1.87. The number of carbonyl (C=O) groups excluding carboxylic acids is 1. The number of aryl methyl sites for hydroxylation is 1. The van der Waals surface area contributed by atoms with E-state index in [1.807, 2.05) is 0 Å². The third-order valence-electron chi connectivity index (χ3n) is 3.56. The van der Waals surface area contributed by atoms with Gasteiger partial charge in [-0.15, -0.1) is 0 Å². The zero-order chi connectivity index (χ0) is 18.7. The molecule has 0 spiro atoms. The average Bonchev–Trinajstić information content (AvgIpc) is 3.02. The Morgan fingerprint density at radius 2 is 1.92 bits per heavy atom. The predicted molar refractivity (Wildman–Crippen MR) is 102 cm³/mol. The van der Waals surface area contributed by atoms with Crippen molar-refractivity contribution in [3.05, 3.63) is 74.9 Å². The summed E-state index contributed by atoms with van der Waals surface area (Å²) in [6.07, 6.45) is 0. The van der Waals surface area contributed by atoms with Crippen molar-refractivity contribution in [3.8, 4) is 11.3 Å². The number of hydrogen-bond donors (Lipinski definition) is 1. The summed E-state index contributed by atoms with van der Waals surface area (Å²) in [4.78, 5) is 17.5. The second-order valence-corrected chi connectivity index (χ2v) is 6.63. The molecule has 8 heteroatoms. The van der Waals surface area contributed by atoms with Gasteiger partial charge in [0.05, 0.1) is 5.02 Å². The lowest BCUT2D eigenvalue weighted by Crippen LogP contribution is -2.15. The van der Waals surface area contributed by atoms with Crippen LogP contribution < -0.4 is 5.73 Å². The van der Waals surface area contributed by atoms with E-state index in [0.717, 1.165) is 4.47 Å². The van der Waals surface area contributed by atoms with Crippen LogP contribution >= 0.6 is 27.5 Å². The molecule has 132 valence electrons. The molecule has 0 aliphatic heterocycles. The van der Waals surface area contributed by atoms with Gasteiger partial charge in [-0.2, -0.15) is 0 Å². The van der Waals surface area contributed by atoms with Crippen LogP contribution in [0.1, 0.15) is 21.7 Å². The highest BCUT2D eigenvalue weighted by atomic mass is 79.9. The van der Waals surface area contributed by atoms with Crippen LogP contribution in [0.15, 0.2) is 62.7 Å². The number of carbonyl (C=O) groups is 1. The lowest BCUT2D eigenvalue weighted by molar-refractivity contribution is 0.0515. The summed E-state index contributed by atoms with van der Waals surface area (Å²) in [5.74, 6) is -0.375. The summed E-state index contributed by atoms with van der Waals surface area (Å²) in [7, 11) is 0. The number of nitrogens with two attached hydrogens (primary N) is 1. The van der Waals surface area contributed by atoms with Crippen LogP contribution in [-0.2, 0) is 4.84 Å². The normalized spacial score (nSPS) is 11.4. The zero-order valence-corrected chi connectivity index (χ0v) is 15.9. The lowest BCUT2D eigenvalue weighted by atomic mass is 10.1. The number of hydrogen-bond acceptors (Lipinski definition) is 5. The highest BCUT2D eigenvalue weighted by Gasteiger charge is 2.24. The van der Waals surface area contributed by atoms with Gasteiger partial charge in [0.25, 0.3) is 0 Å². The van der Waals surface area contributed by atoms with Gasteiger partial charge in [0, 0.05) is 15.6 Å². The van der Waals surface area contributed by atoms with Gasteiger partial charge in [-0.25, -0.2) is 4.79 Å². The topological polar surface area (TPSA) is 90.7 Å². The van der Waals surface area contributed by atoms with Crippen molar-refractivity contribution in [1.82, 2.24) is 5.16 Å². The lowest BCUT2D eigenvalue weighted by Gasteiger charge is -2.03. The number of nitrogens with zero attached hydrogens (tertiary/aromatic N) is 2. The molecule has 26 heavy (non-hydrogen) atoms. The molecule has 3 aromatic rings. The molecule has 0 radical (unpaired) electrons. The largest absolute Gasteiger partial charge is 0.380 e. The fourth-order valence-electron chi connectivity index (χ4n) is 2.26. The van der Waals surface area contributed by atoms with Gasteiger partial charge >= 0.3 is 5.97 Å². The highest BCUT2D eigenvalue weighted by Crippen LogP contribution is 2.31. The number of rotatable bonds is 4. The van der Waals surface area contributed by atoms with E-state index >= 15 is 0 Å². The molecule has 2 aromatic carbocycles. The fraction of sp³-hybridized carbons (Fsp3) is 0.0556. The number of halogens is 2. The third-order valence-corrected chi connectivity index (χ3v) is 4.42. The minimum Gasteiger partial charge on any atom is -0.380 e. The van der Waals surface area contributed by atoms with Crippen molar-refractivity contribution >= 4 is 39.3 Å². The van der Waals surface area contributed by atoms with Crippen LogP contribution in [0.3, 0.4) is 0 Å². The van der Waals surface area contributed by atoms with E-state index in [4.69, 9.17) is 26.7 Å². The van der Waals surface area contributed by atoms with Crippen LogP contribution in [0.5, 0.6) is 0 Å². The predicted octanol–water partition coefficient (Wildman–Crippen LogP) is 4.54. The molecule has 0 fully saturated rings. The number of oxime groups is 1. The molecule has 0 aliphatic rings. The number of aromatic nitrogens is 1. The Bertz CT molecular complexity index is 984. The molecule has 1 heterocycles. The molecular weight excluding hydrogens is 422 g/mol. The molecule has 1 aromatic heterocycles. The molecule has 0 saturated heterocycles. The fourth-order valence-corrected chi connectivity index (χ4v) is 2.75. The van der Waals surface area contributed by atoms with E-state index in [-0.39, 0.29) is 17.1 Å². The molecule has 0 bridgehead atoms. The van der Waals surface area contributed by atoms with Crippen LogP contribution in [0, 0.1) is 6.92 Å². The van der Waals surface area contributed by atoms with Gasteiger partial charge in [-0.05, 0) is 25.1 Å². The first kappa shape index (κ1) is 18.2. The first-order valence-electron chi connectivity index (χ1n) is 7.49. The van der Waals surface area contributed by atoms with Crippen molar-refractivity contribution in [2.24, 2.45) is 10.9 Å². The van der Waals surface area contributed by atoms with Crippen LogP contribution in [-0.4, -0.2) is 17.0 Å². The van der Waals surface area contributed by atoms with Gasteiger partial charge < -0.3 is 15.1 Å². The number of amidine groups is 1. The molecule has 6 nitrogen and oxygen atoms in total. The van der Waals surface area contributed by atoms with Crippen molar-refractivity contribution in [2.45, 2.75) is 6.92 Å². The van der Waals surface area contributed by atoms with Crippen LogP contribution in [0.4, 0.5) is 0 Å². The average molecular weight is 435 g/mol. The van der Waals surface area contributed by atoms with Gasteiger partial charge in [0.15, 0.2) is 5.84 Å².